The Hall–Kier alpha value is -2.13. The third-order valence-electron chi connectivity index (χ3n) is 4.86. The number of fused-ring (bicyclic) bond motifs is 2. The fourth-order valence-corrected chi connectivity index (χ4v) is 3.76. The lowest BCUT2D eigenvalue weighted by Gasteiger charge is -2.34. The standard InChI is InChI=1S/C19H20N2O/c1-21-13-12-20-18(21)19(22)16-8-4-2-6-14(16)10-11-15-7-3-5-9-17(15)19/h2-9,22H,10-13H2,1H3. The van der Waals surface area contributed by atoms with Gasteiger partial charge in [0, 0.05) is 13.6 Å². The molecule has 0 fully saturated rings. The maximum Gasteiger partial charge on any atom is 0.173 e. The van der Waals surface area contributed by atoms with Crippen LogP contribution in [0.4, 0.5) is 0 Å². The smallest absolute Gasteiger partial charge is 0.173 e. The molecule has 0 saturated heterocycles. The third kappa shape index (κ3) is 1.82. The van der Waals surface area contributed by atoms with Gasteiger partial charge in [0.15, 0.2) is 5.60 Å². The predicted molar refractivity (Wildman–Crippen MR) is 88.2 cm³/mol. The molecular weight excluding hydrogens is 272 g/mol. The Kier molecular flexibility index (Phi) is 3.05. The van der Waals surface area contributed by atoms with Gasteiger partial charge in [0.1, 0.15) is 5.84 Å². The molecule has 1 aliphatic heterocycles. The molecule has 2 aromatic carbocycles. The molecule has 112 valence electrons. The first-order valence-electron chi connectivity index (χ1n) is 7.86. The number of hydrogen-bond acceptors (Lipinski definition) is 3. The van der Waals surface area contributed by atoms with Crippen LogP contribution in [0.1, 0.15) is 22.3 Å². The number of aliphatic hydroxyl groups is 1. The molecular formula is C19H20N2O. The van der Waals surface area contributed by atoms with Gasteiger partial charge in [0.2, 0.25) is 0 Å². The van der Waals surface area contributed by atoms with Crippen LogP contribution in [0.25, 0.3) is 0 Å². The third-order valence-corrected chi connectivity index (χ3v) is 4.86. The minimum absolute atomic E-state index is 0.748. The molecule has 2 aromatic rings. The van der Waals surface area contributed by atoms with Gasteiger partial charge in [-0.05, 0) is 35.1 Å². The highest BCUT2D eigenvalue weighted by molar-refractivity contribution is 5.96. The molecule has 3 nitrogen and oxygen atoms in total. The number of rotatable bonds is 1. The van der Waals surface area contributed by atoms with Gasteiger partial charge in [-0.2, -0.15) is 0 Å². The molecule has 0 aromatic heterocycles. The number of aliphatic imine (C=N–C) groups is 1. The number of benzene rings is 2. The Labute approximate surface area is 130 Å². The van der Waals surface area contributed by atoms with E-state index in [1.165, 1.54) is 11.1 Å². The van der Waals surface area contributed by atoms with Crippen LogP contribution in [0.5, 0.6) is 0 Å². The van der Waals surface area contributed by atoms with E-state index in [1.54, 1.807) is 0 Å². The summed E-state index contributed by atoms with van der Waals surface area (Å²) in [6.45, 7) is 1.61. The molecule has 1 heterocycles. The number of hydrogen-bond donors (Lipinski definition) is 1. The average molecular weight is 292 g/mol. The van der Waals surface area contributed by atoms with E-state index in [0.29, 0.717) is 0 Å². The fourth-order valence-electron chi connectivity index (χ4n) is 3.76. The van der Waals surface area contributed by atoms with Crippen molar-refractivity contribution >= 4 is 5.84 Å². The molecule has 3 heteroatoms. The Bertz CT molecular complexity index is 703. The molecule has 0 saturated carbocycles. The van der Waals surface area contributed by atoms with E-state index >= 15 is 0 Å². The average Bonchev–Trinajstić information content (AvgIpc) is 2.94. The zero-order chi connectivity index (χ0) is 15.2. The summed E-state index contributed by atoms with van der Waals surface area (Å²) in [5.74, 6) is 0.773. The SMILES string of the molecule is CN1CCN=C1C1(O)c2ccccc2CCc2ccccc21. The lowest BCUT2D eigenvalue weighted by atomic mass is 9.82. The lowest BCUT2D eigenvalue weighted by Crippen LogP contribution is -2.44. The Balaban J connectivity index is 2.03. The molecule has 1 N–H and O–H groups in total. The topological polar surface area (TPSA) is 35.8 Å². The van der Waals surface area contributed by atoms with Crippen LogP contribution in [-0.4, -0.2) is 36.0 Å². The van der Waals surface area contributed by atoms with Gasteiger partial charge >= 0.3 is 0 Å². The van der Waals surface area contributed by atoms with Crippen LogP contribution in [0, 0.1) is 0 Å². The normalized spacial score (nSPS) is 19.2. The molecule has 22 heavy (non-hydrogen) atoms. The summed E-state index contributed by atoms with van der Waals surface area (Å²) in [5.41, 5.74) is 3.24. The van der Waals surface area contributed by atoms with E-state index in [2.05, 4.69) is 34.2 Å². The van der Waals surface area contributed by atoms with Crippen molar-refractivity contribution in [3.05, 3.63) is 70.8 Å². The molecule has 0 radical (unpaired) electrons. The van der Waals surface area contributed by atoms with Crippen molar-refractivity contribution in [2.75, 3.05) is 20.1 Å². The van der Waals surface area contributed by atoms with Crippen molar-refractivity contribution in [2.45, 2.75) is 18.4 Å². The van der Waals surface area contributed by atoms with E-state index in [1.807, 2.05) is 31.3 Å². The molecule has 0 unspecified atom stereocenters. The minimum Gasteiger partial charge on any atom is -0.373 e. The Morgan fingerprint density at radius 2 is 1.50 bits per heavy atom. The molecule has 4 rings (SSSR count). The molecule has 2 aliphatic rings. The second-order valence-electron chi connectivity index (χ2n) is 6.15. The Morgan fingerprint density at radius 1 is 0.955 bits per heavy atom. The van der Waals surface area contributed by atoms with Crippen LogP contribution in [-0.2, 0) is 18.4 Å². The van der Waals surface area contributed by atoms with Crippen LogP contribution in [0.15, 0.2) is 53.5 Å². The van der Waals surface area contributed by atoms with Crippen molar-refractivity contribution in [1.29, 1.82) is 0 Å². The highest BCUT2D eigenvalue weighted by Gasteiger charge is 2.44. The van der Waals surface area contributed by atoms with Gasteiger partial charge in [0.05, 0.1) is 6.54 Å². The maximum absolute atomic E-state index is 11.9. The highest BCUT2D eigenvalue weighted by Crippen LogP contribution is 2.40. The first-order chi connectivity index (χ1) is 10.7. The number of likely N-dealkylation sites (N-methyl/N-ethyl adjacent to an activating group) is 1. The van der Waals surface area contributed by atoms with E-state index in [9.17, 15) is 5.11 Å². The summed E-state index contributed by atoms with van der Waals surface area (Å²) in [6, 6.07) is 16.5. The molecule has 1 aliphatic carbocycles. The second kappa shape index (κ2) is 4.96. The Morgan fingerprint density at radius 3 is 2.00 bits per heavy atom. The summed E-state index contributed by atoms with van der Waals surface area (Å²) >= 11 is 0. The van der Waals surface area contributed by atoms with Gasteiger partial charge in [-0.1, -0.05) is 48.5 Å². The number of nitrogens with zero attached hydrogens (tertiary/aromatic N) is 2. The molecule has 0 amide bonds. The molecule has 0 bridgehead atoms. The van der Waals surface area contributed by atoms with Crippen molar-refractivity contribution in [3.8, 4) is 0 Å². The summed E-state index contributed by atoms with van der Waals surface area (Å²) < 4.78 is 0. The summed E-state index contributed by atoms with van der Waals surface area (Å²) in [7, 11) is 2.01. The van der Waals surface area contributed by atoms with Gasteiger partial charge in [-0.25, -0.2) is 0 Å². The molecule has 0 atom stereocenters. The lowest BCUT2D eigenvalue weighted by molar-refractivity contribution is 0.142. The van der Waals surface area contributed by atoms with Crippen molar-refractivity contribution in [1.82, 2.24) is 4.90 Å². The van der Waals surface area contributed by atoms with Crippen molar-refractivity contribution in [3.63, 3.8) is 0 Å². The number of aryl methyl sites for hydroxylation is 2. The predicted octanol–water partition coefficient (Wildman–Crippen LogP) is 2.37. The van der Waals surface area contributed by atoms with Gasteiger partial charge in [-0.15, -0.1) is 0 Å². The van der Waals surface area contributed by atoms with Crippen molar-refractivity contribution in [2.24, 2.45) is 4.99 Å². The van der Waals surface area contributed by atoms with Gasteiger partial charge in [0.25, 0.3) is 0 Å². The zero-order valence-corrected chi connectivity index (χ0v) is 12.8. The second-order valence-corrected chi connectivity index (χ2v) is 6.15. The monoisotopic (exact) mass is 292 g/mol. The largest absolute Gasteiger partial charge is 0.373 e. The van der Waals surface area contributed by atoms with Crippen LogP contribution in [0.2, 0.25) is 0 Å². The van der Waals surface area contributed by atoms with Crippen LogP contribution < -0.4 is 0 Å². The molecule has 0 spiro atoms. The van der Waals surface area contributed by atoms with Gasteiger partial charge in [-0.3, -0.25) is 4.99 Å². The van der Waals surface area contributed by atoms with E-state index in [0.717, 1.165) is 42.9 Å². The highest BCUT2D eigenvalue weighted by atomic mass is 16.3. The quantitative estimate of drug-likeness (QED) is 0.876. The summed E-state index contributed by atoms with van der Waals surface area (Å²) in [5, 5.41) is 11.9. The van der Waals surface area contributed by atoms with E-state index < -0.39 is 5.60 Å². The summed E-state index contributed by atoms with van der Waals surface area (Å²) in [4.78, 5) is 6.73. The van der Waals surface area contributed by atoms with Crippen LogP contribution >= 0.6 is 0 Å². The fraction of sp³-hybridized carbons (Fsp3) is 0.316. The first-order valence-corrected chi connectivity index (χ1v) is 7.86. The van der Waals surface area contributed by atoms with E-state index in [4.69, 9.17) is 0 Å². The zero-order valence-electron chi connectivity index (χ0n) is 12.8. The number of amidine groups is 1. The minimum atomic E-state index is -1.14. The first kappa shape index (κ1) is 13.5. The summed E-state index contributed by atoms with van der Waals surface area (Å²) in [6.07, 6.45) is 1.90. The van der Waals surface area contributed by atoms with Gasteiger partial charge < -0.3 is 10.0 Å². The van der Waals surface area contributed by atoms with Crippen molar-refractivity contribution < 1.29 is 5.11 Å². The van der Waals surface area contributed by atoms with Crippen LogP contribution in [0.3, 0.4) is 0 Å². The maximum atomic E-state index is 11.9. The van der Waals surface area contributed by atoms with E-state index in [-0.39, 0.29) is 0 Å².